The lowest BCUT2D eigenvalue weighted by molar-refractivity contribution is 0.567. The van der Waals surface area contributed by atoms with E-state index in [1.54, 1.807) is 4.57 Å². The maximum atomic E-state index is 11.7. The third-order valence-corrected chi connectivity index (χ3v) is 2.80. The molecule has 1 aromatic heterocycles. The van der Waals surface area contributed by atoms with Gasteiger partial charge < -0.3 is 9.88 Å². The summed E-state index contributed by atoms with van der Waals surface area (Å²) in [7, 11) is 0. The first-order valence-electron chi connectivity index (χ1n) is 5.67. The van der Waals surface area contributed by atoms with Gasteiger partial charge in [0.25, 0.3) is 5.56 Å². The van der Waals surface area contributed by atoms with Gasteiger partial charge in [-0.25, -0.2) is 0 Å². The molecule has 0 radical (unpaired) electrons. The number of hydrogen-bond donors (Lipinski definition) is 1. The third kappa shape index (κ3) is 2.93. The summed E-state index contributed by atoms with van der Waals surface area (Å²) >= 11 is 0. The van der Waals surface area contributed by atoms with Crippen LogP contribution in [-0.2, 0) is 6.54 Å². The van der Waals surface area contributed by atoms with Gasteiger partial charge in [0.2, 0.25) is 0 Å². The van der Waals surface area contributed by atoms with E-state index in [2.05, 4.69) is 5.32 Å². The highest BCUT2D eigenvalue weighted by Crippen LogP contribution is 2.18. The SMILES string of the molecule is Cc1cccn(CCCNC2CC2)c1=O. The van der Waals surface area contributed by atoms with Crippen LogP contribution in [-0.4, -0.2) is 17.2 Å². The van der Waals surface area contributed by atoms with E-state index >= 15 is 0 Å². The normalized spacial score (nSPS) is 15.5. The molecule has 0 spiro atoms. The molecule has 1 saturated carbocycles. The van der Waals surface area contributed by atoms with Gasteiger partial charge in [-0.1, -0.05) is 6.07 Å². The third-order valence-electron chi connectivity index (χ3n) is 2.80. The Kier molecular flexibility index (Phi) is 3.21. The molecule has 1 fully saturated rings. The van der Waals surface area contributed by atoms with Crippen LogP contribution in [0.5, 0.6) is 0 Å². The van der Waals surface area contributed by atoms with Crippen molar-refractivity contribution in [3.63, 3.8) is 0 Å². The highest BCUT2D eigenvalue weighted by Gasteiger charge is 2.19. The van der Waals surface area contributed by atoms with Crippen molar-refractivity contribution in [1.29, 1.82) is 0 Å². The van der Waals surface area contributed by atoms with Crippen LogP contribution >= 0.6 is 0 Å². The van der Waals surface area contributed by atoms with Crippen LogP contribution in [0.1, 0.15) is 24.8 Å². The molecule has 0 aliphatic heterocycles. The first-order valence-corrected chi connectivity index (χ1v) is 5.67. The summed E-state index contributed by atoms with van der Waals surface area (Å²) in [6, 6.07) is 4.56. The first kappa shape index (κ1) is 10.4. The molecular weight excluding hydrogens is 188 g/mol. The standard InChI is InChI=1S/C12H18N2O/c1-10-4-2-8-14(12(10)15)9-3-7-13-11-5-6-11/h2,4,8,11,13H,3,5-7,9H2,1H3. The van der Waals surface area contributed by atoms with Crippen molar-refractivity contribution >= 4 is 0 Å². The highest BCUT2D eigenvalue weighted by atomic mass is 16.1. The molecule has 0 saturated heterocycles. The van der Waals surface area contributed by atoms with Gasteiger partial charge in [0, 0.05) is 24.3 Å². The Bertz CT molecular complexity index is 379. The predicted octanol–water partition coefficient (Wildman–Crippen LogP) is 1.30. The summed E-state index contributed by atoms with van der Waals surface area (Å²) in [6.07, 6.45) is 5.54. The molecule has 3 heteroatoms. The lowest BCUT2D eigenvalue weighted by Gasteiger charge is -2.06. The number of nitrogens with one attached hydrogen (secondary N) is 1. The van der Waals surface area contributed by atoms with Gasteiger partial charge in [0.05, 0.1) is 0 Å². The zero-order valence-electron chi connectivity index (χ0n) is 9.20. The largest absolute Gasteiger partial charge is 0.315 e. The number of pyridine rings is 1. The van der Waals surface area contributed by atoms with E-state index in [4.69, 9.17) is 0 Å². The van der Waals surface area contributed by atoms with Gasteiger partial charge >= 0.3 is 0 Å². The van der Waals surface area contributed by atoms with Crippen molar-refractivity contribution < 1.29 is 0 Å². The molecule has 15 heavy (non-hydrogen) atoms. The topological polar surface area (TPSA) is 34.0 Å². The fourth-order valence-electron chi connectivity index (χ4n) is 1.68. The summed E-state index contributed by atoms with van der Waals surface area (Å²) in [5.41, 5.74) is 0.969. The Morgan fingerprint density at radius 3 is 3.07 bits per heavy atom. The van der Waals surface area contributed by atoms with Crippen LogP contribution < -0.4 is 10.9 Å². The smallest absolute Gasteiger partial charge is 0.253 e. The van der Waals surface area contributed by atoms with E-state index < -0.39 is 0 Å². The number of rotatable bonds is 5. The van der Waals surface area contributed by atoms with E-state index in [0.29, 0.717) is 0 Å². The Balaban J connectivity index is 1.81. The number of aryl methyl sites for hydroxylation is 2. The molecule has 0 bridgehead atoms. The van der Waals surface area contributed by atoms with Crippen molar-refractivity contribution in [1.82, 2.24) is 9.88 Å². The zero-order valence-corrected chi connectivity index (χ0v) is 9.20. The Hall–Kier alpha value is -1.09. The fourth-order valence-corrected chi connectivity index (χ4v) is 1.68. The Morgan fingerprint density at radius 2 is 2.33 bits per heavy atom. The predicted molar refractivity (Wildman–Crippen MR) is 61.1 cm³/mol. The van der Waals surface area contributed by atoms with Gasteiger partial charge in [0.1, 0.15) is 0 Å². The minimum Gasteiger partial charge on any atom is -0.315 e. The molecule has 82 valence electrons. The molecule has 1 heterocycles. The summed E-state index contributed by atoms with van der Waals surface area (Å²) < 4.78 is 1.80. The quantitative estimate of drug-likeness (QED) is 0.737. The summed E-state index contributed by atoms with van der Waals surface area (Å²) in [5.74, 6) is 0. The highest BCUT2D eigenvalue weighted by molar-refractivity contribution is 5.07. The van der Waals surface area contributed by atoms with Crippen molar-refractivity contribution in [2.75, 3.05) is 6.54 Å². The molecule has 0 aromatic carbocycles. The molecule has 1 aliphatic carbocycles. The molecule has 1 aliphatic rings. The number of aromatic nitrogens is 1. The maximum Gasteiger partial charge on any atom is 0.253 e. The van der Waals surface area contributed by atoms with Crippen LogP contribution in [0.4, 0.5) is 0 Å². The van der Waals surface area contributed by atoms with E-state index in [9.17, 15) is 4.79 Å². The van der Waals surface area contributed by atoms with E-state index in [0.717, 1.165) is 31.1 Å². The van der Waals surface area contributed by atoms with Crippen LogP contribution in [0.25, 0.3) is 0 Å². The molecule has 1 N–H and O–H groups in total. The average molecular weight is 206 g/mol. The van der Waals surface area contributed by atoms with E-state index in [1.807, 2.05) is 25.3 Å². The molecule has 1 aromatic rings. The second kappa shape index (κ2) is 4.62. The van der Waals surface area contributed by atoms with Gasteiger partial charge in [0.15, 0.2) is 0 Å². The second-order valence-corrected chi connectivity index (χ2v) is 4.27. The van der Waals surface area contributed by atoms with Crippen molar-refractivity contribution in [2.24, 2.45) is 0 Å². The molecule has 0 unspecified atom stereocenters. The fraction of sp³-hybridized carbons (Fsp3) is 0.583. The Morgan fingerprint density at radius 1 is 1.53 bits per heavy atom. The first-order chi connectivity index (χ1) is 7.27. The van der Waals surface area contributed by atoms with Crippen LogP contribution in [0, 0.1) is 6.92 Å². The van der Waals surface area contributed by atoms with E-state index in [1.165, 1.54) is 12.8 Å². The van der Waals surface area contributed by atoms with Gasteiger partial charge in [-0.3, -0.25) is 4.79 Å². The van der Waals surface area contributed by atoms with Gasteiger partial charge in [-0.15, -0.1) is 0 Å². The summed E-state index contributed by atoms with van der Waals surface area (Å²) in [4.78, 5) is 11.7. The lowest BCUT2D eigenvalue weighted by atomic mass is 10.3. The van der Waals surface area contributed by atoms with Crippen molar-refractivity contribution in [3.05, 3.63) is 34.2 Å². The molecule has 0 amide bonds. The second-order valence-electron chi connectivity index (χ2n) is 4.27. The lowest BCUT2D eigenvalue weighted by Crippen LogP contribution is -2.24. The monoisotopic (exact) mass is 206 g/mol. The zero-order chi connectivity index (χ0) is 10.7. The van der Waals surface area contributed by atoms with Crippen molar-refractivity contribution in [2.45, 2.75) is 38.8 Å². The van der Waals surface area contributed by atoms with E-state index in [-0.39, 0.29) is 5.56 Å². The van der Waals surface area contributed by atoms with Crippen LogP contribution in [0.3, 0.4) is 0 Å². The molecule has 3 nitrogen and oxygen atoms in total. The van der Waals surface area contributed by atoms with Gasteiger partial charge in [-0.05, 0) is 38.8 Å². The van der Waals surface area contributed by atoms with Crippen LogP contribution in [0.2, 0.25) is 0 Å². The van der Waals surface area contributed by atoms with Gasteiger partial charge in [-0.2, -0.15) is 0 Å². The van der Waals surface area contributed by atoms with Crippen molar-refractivity contribution in [3.8, 4) is 0 Å². The summed E-state index contributed by atoms with van der Waals surface area (Å²) in [5, 5.41) is 3.45. The maximum absolute atomic E-state index is 11.7. The minimum atomic E-state index is 0.143. The minimum absolute atomic E-state index is 0.143. The average Bonchev–Trinajstić information content (AvgIpc) is 3.02. The number of nitrogens with zero attached hydrogens (tertiary/aromatic N) is 1. The molecule has 2 rings (SSSR count). The van der Waals surface area contributed by atoms with Crippen LogP contribution in [0.15, 0.2) is 23.1 Å². The summed E-state index contributed by atoms with van der Waals surface area (Å²) in [6.45, 7) is 3.70. The Labute approximate surface area is 90.1 Å². The number of hydrogen-bond acceptors (Lipinski definition) is 2. The molecular formula is C12H18N2O. The molecule has 0 atom stereocenters.